The molecule has 0 nitrogen and oxygen atoms in total. The molecule has 1 saturated carbocycles. The van der Waals surface area contributed by atoms with E-state index in [4.69, 9.17) is 0 Å². The van der Waals surface area contributed by atoms with Gasteiger partial charge in [-0.3, -0.25) is 0 Å². The Morgan fingerprint density at radius 2 is 1.50 bits per heavy atom. The molecule has 10 heavy (non-hydrogen) atoms. The Kier molecular flexibility index (Phi) is 2.73. The highest BCUT2D eigenvalue weighted by Crippen LogP contribution is 2.29. The summed E-state index contributed by atoms with van der Waals surface area (Å²) in [5, 5.41) is 0. The molecule has 0 spiro atoms. The van der Waals surface area contributed by atoms with Crippen LogP contribution in [-0.2, 0) is 0 Å². The van der Waals surface area contributed by atoms with Crippen LogP contribution in [0.4, 0.5) is 0 Å². The lowest BCUT2D eigenvalue weighted by atomic mass is 9.82. The molecule has 0 heterocycles. The minimum Gasteiger partial charge on any atom is -0.103 e. The van der Waals surface area contributed by atoms with E-state index >= 15 is 0 Å². The predicted octanol–water partition coefficient (Wildman–Crippen LogP) is 3.16. The molecule has 1 fully saturated rings. The van der Waals surface area contributed by atoms with Crippen molar-refractivity contribution >= 4 is 0 Å². The monoisotopic (exact) mass is 136 g/mol. The average molecular weight is 136 g/mol. The molecule has 0 amide bonds. The maximum atomic E-state index is 3.82. The van der Waals surface area contributed by atoms with Crippen LogP contribution < -0.4 is 0 Å². The second kappa shape index (κ2) is 3.60. The van der Waals surface area contributed by atoms with E-state index in [9.17, 15) is 0 Å². The van der Waals surface area contributed by atoms with E-state index in [-0.39, 0.29) is 0 Å². The lowest BCUT2D eigenvalue weighted by Crippen LogP contribution is -2.11. The van der Waals surface area contributed by atoms with Crippen LogP contribution in [0.15, 0.2) is 25.3 Å². The minimum atomic E-state index is 0.761. The van der Waals surface area contributed by atoms with Gasteiger partial charge in [0.25, 0.3) is 0 Å². The van der Waals surface area contributed by atoms with E-state index in [1.54, 1.807) is 0 Å². The normalized spacial score (nSPS) is 33.2. The highest BCUT2D eigenvalue weighted by molar-refractivity contribution is 4.90. The fraction of sp³-hybridized carbons (Fsp3) is 0.600. The fourth-order valence-corrected chi connectivity index (χ4v) is 1.69. The van der Waals surface area contributed by atoms with Gasteiger partial charge >= 0.3 is 0 Å². The van der Waals surface area contributed by atoms with Crippen molar-refractivity contribution in [3.8, 4) is 0 Å². The van der Waals surface area contributed by atoms with Crippen LogP contribution in [-0.4, -0.2) is 0 Å². The first-order chi connectivity index (χ1) is 4.86. The van der Waals surface area contributed by atoms with E-state index < -0.39 is 0 Å². The first kappa shape index (κ1) is 7.59. The van der Waals surface area contributed by atoms with Crippen LogP contribution in [0, 0.1) is 11.8 Å². The van der Waals surface area contributed by atoms with E-state index in [1.807, 2.05) is 0 Å². The number of rotatable bonds is 2. The molecule has 0 N–H and O–H groups in total. The largest absolute Gasteiger partial charge is 0.103 e. The minimum absolute atomic E-state index is 0.761. The van der Waals surface area contributed by atoms with Crippen molar-refractivity contribution in [3.63, 3.8) is 0 Å². The zero-order chi connectivity index (χ0) is 7.40. The smallest absolute Gasteiger partial charge is 0.0231 e. The first-order valence-corrected chi connectivity index (χ1v) is 4.12. The third-order valence-electron chi connectivity index (χ3n) is 2.42. The summed E-state index contributed by atoms with van der Waals surface area (Å²) in [5.74, 6) is 1.52. The fourth-order valence-electron chi connectivity index (χ4n) is 1.69. The predicted molar refractivity (Wildman–Crippen MR) is 45.8 cm³/mol. The van der Waals surface area contributed by atoms with Gasteiger partial charge in [-0.05, 0) is 31.1 Å². The van der Waals surface area contributed by atoms with Crippen molar-refractivity contribution in [2.45, 2.75) is 25.7 Å². The summed E-state index contributed by atoms with van der Waals surface area (Å²) in [5.41, 5.74) is 0. The van der Waals surface area contributed by atoms with Gasteiger partial charge in [-0.25, -0.2) is 0 Å². The molecule has 1 aliphatic rings. The molecule has 2 atom stereocenters. The summed E-state index contributed by atoms with van der Waals surface area (Å²) < 4.78 is 0. The van der Waals surface area contributed by atoms with Crippen LogP contribution >= 0.6 is 0 Å². The molecule has 0 aromatic carbocycles. The summed E-state index contributed by atoms with van der Waals surface area (Å²) in [4.78, 5) is 0. The Morgan fingerprint density at radius 1 is 1.00 bits per heavy atom. The molecule has 0 radical (unpaired) electrons. The molecule has 0 heteroatoms. The van der Waals surface area contributed by atoms with E-state index in [2.05, 4.69) is 25.3 Å². The number of hydrogen-bond acceptors (Lipinski definition) is 0. The summed E-state index contributed by atoms with van der Waals surface area (Å²) >= 11 is 0. The highest BCUT2D eigenvalue weighted by Gasteiger charge is 2.16. The summed E-state index contributed by atoms with van der Waals surface area (Å²) in [6.07, 6.45) is 9.51. The van der Waals surface area contributed by atoms with Crippen molar-refractivity contribution in [2.75, 3.05) is 0 Å². The van der Waals surface area contributed by atoms with Gasteiger partial charge in [0.1, 0.15) is 0 Å². The van der Waals surface area contributed by atoms with Crippen molar-refractivity contribution in [3.05, 3.63) is 25.3 Å². The highest BCUT2D eigenvalue weighted by atomic mass is 14.2. The van der Waals surface area contributed by atoms with Gasteiger partial charge in [0, 0.05) is 0 Å². The summed E-state index contributed by atoms with van der Waals surface area (Å²) in [6.45, 7) is 7.64. The average Bonchev–Trinajstić information content (AvgIpc) is 2.05. The van der Waals surface area contributed by atoms with Crippen molar-refractivity contribution in [2.24, 2.45) is 11.8 Å². The third-order valence-corrected chi connectivity index (χ3v) is 2.42. The molecule has 56 valence electrons. The maximum absolute atomic E-state index is 3.82. The van der Waals surface area contributed by atoms with Crippen LogP contribution in [0.1, 0.15) is 25.7 Å². The molecule has 2 unspecified atom stereocenters. The third kappa shape index (κ3) is 1.73. The Balaban J connectivity index is 2.38. The SMILES string of the molecule is C=CC1CCCC(C=C)C1. The maximum Gasteiger partial charge on any atom is -0.0231 e. The summed E-state index contributed by atoms with van der Waals surface area (Å²) in [6, 6.07) is 0. The zero-order valence-corrected chi connectivity index (χ0v) is 6.55. The second-order valence-electron chi connectivity index (χ2n) is 3.16. The topological polar surface area (TPSA) is 0 Å². The number of allylic oxidation sites excluding steroid dienone is 2. The Labute approximate surface area is 63.6 Å². The molecule has 0 aromatic heterocycles. The van der Waals surface area contributed by atoms with Gasteiger partial charge in [-0.2, -0.15) is 0 Å². The van der Waals surface area contributed by atoms with E-state index in [1.165, 1.54) is 25.7 Å². The summed E-state index contributed by atoms with van der Waals surface area (Å²) in [7, 11) is 0. The molecule has 0 aromatic rings. The van der Waals surface area contributed by atoms with Gasteiger partial charge in [-0.15, -0.1) is 13.2 Å². The molecule has 0 bridgehead atoms. The molecule has 0 saturated heterocycles. The van der Waals surface area contributed by atoms with E-state index in [0.29, 0.717) is 0 Å². The lowest BCUT2D eigenvalue weighted by Gasteiger charge is -2.24. The van der Waals surface area contributed by atoms with Crippen molar-refractivity contribution < 1.29 is 0 Å². The quantitative estimate of drug-likeness (QED) is 0.511. The Hall–Kier alpha value is -0.520. The second-order valence-corrected chi connectivity index (χ2v) is 3.16. The zero-order valence-electron chi connectivity index (χ0n) is 6.55. The van der Waals surface area contributed by atoms with E-state index in [0.717, 1.165) is 11.8 Å². The first-order valence-electron chi connectivity index (χ1n) is 4.12. The molecule has 1 aliphatic carbocycles. The van der Waals surface area contributed by atoms with Gasteiger partial charge in [0.05, 0.1) is 0 Å². The molecular formula is C10H16. The standard InChI is InChI=1S/C10H16/c1-3-9-6-5-7-10(4-2)8-9/h3-4,9-10H,1-2,5-8H2. The van der Waals surface area contributed by atoms with Crippen LogP contribution in [0.2, 0.25) is 0 Å². The van der Waals surface area contributed by atoms with Crippen LogP contribution in [0.5, 0.6) is 0 Å². The van der Waals surface area contributed by atoms with Crippen LogP contribution in [0.25, 0.3) is 0 Å². The molecule has 1 rings (SSSR count). The van der Waals surface area contributed by atoms with Gasteiger partial charge in [0.15, 0.2) is 0 Å². The van der Waals surface area contributed by atoms with Crippen molar-refractivity contribution in [1.82, 2.24) is 0 Å². The molecular weight excluding hydrogens is 120 g/mol. The lowest BCUT2D eigenvalue weighted by molar-refractivity contribution is 0.353. The van der Waals surface area contributed by atoms with Gasteiger partial charge < -0.3 is 0 Å². The van der Waals surface area contributed by atoms with Gasteiger partial charge in [-0.1, -0.05) is 18.6 Å². The van der Waals surface area contributed by atoms with Gasteiger partial charge in [0.2, 0.25) is 0 Å². The Bertz CT molecular complexity index is 110. The number of hydrogen-bond donors (Lipinski definition) is 0. The molecule has 0 aliphatic heterocycles. The Morgan fingerprint density at radius 3 is 1.90 bits per heavy atom. The van der Waals surface area contributed by atoms with Crippen molar-refractivity contribution in [1.29, 1.82) is 0 Å². The van der Waals surface area contributed by atoms with Crippen LogP contribution in [0.3, 0.4) is 0 Å².